The fraction of sp³-hybridized carbons (Fsp3) is 0.364. The number of carbonyl (C=O) groups excluding carboxylic acids is 1. The first-order chi connectivity index (χ1) is 8.35. The average Bonchev–Trinajstić information content (AvgIpc) is 2.27. The van der Waals surface area contributed by atoms with E-state index in [1.807, 2.05) is 11.6 Å². The van der Waals surface area contributed by atoms with Crippen LogP contribution in [0.15, 0.2) is 24.3 Å². The van der Waals surface area contributed by atoms with Gasteiger partial charge in [0.05, 0.1) is 10.6 Å². The molecule has 7 heteroatoms. The summed E-state index contributed by atoms with van der Waals surface area (Å²) in [6, 6.07) is 5.99. The van der Waals surface area contributed by atoms with Crippen LogP contribution in [-0.4, -0.2) is 20.4 Å². The molecule has 0 heterocycles. The van der Waals surface area contributed by atoms with Crippen molar-refractivity contribution >= 4 is 27.7 Å². The lowest BCUT2D eigenvalue weighted by atomic mass is 10.2. The zero-order valence-electron chi connectivity index (χ0n) is 10.1. The Morgan fingerprint density at radius 1 is 1.39 bits per heavy atom. The van der Waals surface area contributed by atoms with Crippen LogP contribution in [0, 0.1) is 0 Å². The van der Waals surface area contributed by atoms with Gasteiger partial charge in [0.15, 0.2) is 0 Å². The van der Waals surface area contributed by atoms with E-state index in [-0.39, 0.29) is 16.6 Å². The molecule has 1 atom stereocenters. The lowest BCUT2D eigenvalue weighted by molar-refractivity contribution is 0.0981. The number of amides is 1. The highest BCUT2D eigenvalue weighted by atomic mass is 35.5. The molecule has 1 rings (SSSR count). The van der Waals surface area contributed by atoms with Gasteiger partial charge in [-0.05, 0) is 25.5 Å². The standard InChI is InChI=1S/C11H15ClN2O3S/c1-3-8(2)13-18(16,17)14-11(15)9-6-4-5-7-10(9)12/h4-8,13H,3H2,1-2H3,(H,14,15). The van der Waals surface area contributed by atoms with Gasteiger partial charge in [0.25, 0.3) is 5.91 Å². The summed E-state index contributed by atoms with van der Waals surface area (Å²) in [5, 5.41) is 0.203. The molecule has 18 heavy (non-hydrogen) atoms. The van der Waals surface area contributed by atoms with E-state index in [1.54, 1.807) is 19.1 Å². The highest BCUT2D eigenvalue weighted by Gasteiger charge is 2.18. The molecule has 1 unspecified atom stereocenters. The molecule has 1 amide bonds. The molecule has 0 fully saturated rings. The molecule has 0 radical (unpaired) electrons. The summed E-state index contributed by atoms with van der Waals surface area (Å²) < 4.78 is 27.5. The molecule has 5 nitrogen and oxygen atoms in total. The lowest BCUT2D eigenvalue weighted by Crippen LogP contribution is -2.43. The van der Waals surface area contributed by atoms with Crippen LogP contribution in [0.25, 0.3) is 0 Å². The number of nitrogens with one attached hydrogen (secondary N) is 2. The summed E-state index contributed by atoms with van der Waals surface area (Å²) in [6.45, 7) is 3.54. The van der Waals surface area contributed by atoms with E-state index in [4.69, 9.17) is 11.6 Å². The van der Waals surface area contributed by atoms with Gasteiger partial charge in [0, 0.05) is 6.04 Å². The number of rotatable bonds is 5. The van der Waals surface area contributed by atoms with Crippen LogP contribution in [0.3, 0.4) is 0 Å². The number of hydrogen-bond acceptors (Lipinski definition) is 3. The molecular weight excluding hydrogens is 276 g/mol. The second kappa shape index (κ2) is 6.17. The van der Waals surface area contributed by atoms with Crippen LogP contribution in [-0.2, 0) is 10.2 Å². The average molecular weight is 291 g/mol. The van der Waals surface area contributed by atoms with Gasteiger partial charge in [-0.3, -0.25) is 4.79 Å². The molecular formula is C11H15ClN2O3S. The van der Waals surface area contributed by atoms with Gasteiger partial charge in [0.1, 0.15) is 0 Å². The summed E-state index contributed by atoms with van der Waals surface area (Å²) in [6.07, 6.45) is 0.626. The van der Waals surface area contributed by atoms with Gasteiger partial charge in [-0.2, -0.15) is 13.1 Å². The number of halogens is 1. The van der Waals surface area contributed by atoms with E-state index in [9.17, 15) is 13.2 Å². The normalized spacial score (nSPS) is 13.1. The quantitative estimate of drug-likeness (QED) is 0.867. The Labute approximate surface area is 112 Å². The minimum absolute atomic E-state index is 0.119. The predicted octanol–water partition coefficient (Wildman–Crippen LogP) is 1.70. The minimum atomic E-state index is -3.87. The van der Waals surface area contributed by atoms with Gasteiger partial charge in [0.2, 0.25) is 0 Å². The first-order valence-electron chi connectivity index (χ1n) is 5.44. The maximum Gasteiger partial charge on any atom is 0.301 e. The van der Waals surface area contributed by atoms with Gasteiger partial charge in [-0.15, -0.1) is 0 Å². The third-order valence-corrected chi connectivity index (χ3v) is 3.81. The van der Waals surface area contributed by atoms with Crippen LogP contribution in [0.2, 0.25) is 5.02 Å². The van der Waals surface area contributed by atoms with E-state index in [0.717, 1.165) is 0 Å². The summed E-state index contributed by atoms with van der Waals surface area (Å²) in [5.41, 5.74) is 0.119. The third-order valence-electron chi connectivity index (χ3n) is 2.31. The zero-order valence-corrected chi connectivity index (χ0v) is 11.7. The van der Waals surface area contributed by atoms with E-state index in [2.05, 4.69) is 4.72 Å². The van der Waals surface area contributed by atoms with Crippen LogP contribution < -0.4 is 9.44 Å². The van der Waals surface area contributed by atoms with Crippen molar-refractivity contribution in [3.8, 4) is 0 Å². The number of benzene rings is 1. The highest BCUT2D eigenvalue weighted by Crippen LogP contribution is 2.14. The Morgan fingerprint density at radius 3 is 2.56 bits per heavy atom. The van der Waals surface area contributed by atoms with Crippen LogP contribution in [0.4, 0.5) is 0 Å². The zero-order chi connectivity index (χ0) is 13.8. The predicted molar refractivity (Wildman–Crippen MR) is 70.7 cm³/mol. The largest absolute Gasteiger partial charge is 0.301 e. The number of hydrogen-bond donors (Lipinski definition) is 2. The topological polar surface area (TPSA) is 75.3 Å². The summed E-state index contributed by atoms with van der Waals surface area (Å²) >= 11 is 5.80. The molecule has 1 aromatic rings. The second-order valence-corrected chi connectivity index (χ2v) is 5.70. The van der Waals surface area contributed by atoms with Gasteiger partial charge in [-0.1, -0.05) is 30.7 Å². The summed E-state index contributed by atoms with van der Waals surface area (Å²) in [5.74, 6) is -0.753. The maximum atomic E-state index is 11.7. The van der Waals surface area contributed by atoms with E-state index >= 15 is 0 Å². The first-order valence-corrected chi connectivity index (χ1v) is 7.30. The molecule has 0 bridgehead atoms. The second-order valence-electron chi connectivity index (χ2n) is 3.84. The SMILES string of the molecule is CCC(C)NS(=O)(=O)NC(=O)c1ccccc1Cl. The Morgan fingerprint density at radius 2 is 2.00 bits per heavy atom. The molecule has 0 aliphatic heterocycles. The third kappa shape index (κ3) is 4.29. The minimum Gasteiger partial charge on any atom is -0.268 e. The van der Waals surface area contributed by atoms with Crippen molar-refractivity contribution < 1.29 is 13.2 Å². The molecule has 2 N–H and O–H groups in total. The van der Waals surface area contributed by atoms with Crippen LogP contribution in [0.5, 0.6) is 0 Å². The fourth-order valence-corrected chi connectivity index (χ4v) is 2.53. The van der Waals surface area contributed by atoms with Crippen molar-refractivity contribution in [2.45, 2.75) is 26.3 Å². The molecule has 0 aromatic heterocycles. The van der Waals surface area contributed by atoms with E-state index < -0.39 is 16.1 Å². The Bertz CT molecular complexity index is 531. The lowest BCUT2D eigenvalue weighted by Gasteiger charge is -2.13. The van der Waals surface area contributed by atoms with Crippen LogP contribution >= 0.6 is 11.6 Å². The van der Waals surface area contributed by atoms with Crippen molar-refractivity contribution in [2.75, 3.05) is 0 Å². The maximum absolute atomic E-state index is 11.7. The van der Waals surface area contributed by atoms with E-state index in [1.165, 1.54) is 12.1 Å². The molecule has 0 aliphatic carbocycles. The highest BCUT2D eigenvalue weighted by molar-refractivity contribution is 7.88. The smallest absolute Gasteiger partial charge is 0.268 e. The molecule has 0 spiro atoms. The monoisotopic (exact) mass is 290 g/mol. The van der Waals surface area contributed by atoms with Crippen molar-refractivity contribution in [1.29, 1.82) is 0 Å². The Hall–Kier alpha value is -1.11. The molecule has 0 saturated heterocycles. The van der Waals surface area contributed by atoms with Gasteiger partial charge >= 0.3 is 10.2 Å². The van der Waals surface area contributed by atoms with Crippen molar-refractivity contribution in [2.24, 2.45) is 0 Å². The number of carbonyl (C=O) groups is 1. The van der Waals surface area contributed by atoms with E-state index in [0.29, 0.717) is 6.42 Å². The first kappa shape index (κ1) is 14.9. The molecule has 0 saturated carbocycles. The molecule has 1 aromatic carbocycles. The van der Waals surface area contributed by atoms with Gasteiger partial charge < -0.3 is 0 Å². The van der Waals surface area contributed by atoms with Crippen LogP contribution in [0.1, 0.15) is 30.6 Å². The Balaban J connectivity index is 2.80. The van der Waals surface area contributed by atoms with Crippen molar-refractivity contribution in [1.82, 2.24) is 9.44 Å². The van der Waals surface area contributed by atoms with Crippen molar-refractivity contribution in [3.05, 3.63) is 34.9 Å². The Kier molecular flexibility index (Phi) is 5.13. The van der Waals surface area contributed by atoms with Gasteiger partial charge in [-0.25, -0.2) is 4.72 Å². The summed E-state index contributed by atoms with van der Waals surface area (Å²) in [4.78, 5) is 11.7. The fourth-order valence-electron chi connectivity index (χ4n) is 1.20. The summed E-state index contributed by atoms with van der Waals surface area (Å²) in [7, 11) is -3.87. The molecule has 0 aliphatic rings. The van der Waals surface area contributed by atoms with Crippen molar-refractivity contribution in [3.63, 3.8) is 0 Å². The molecule has 100 valence electrons.